The van der Waals surface area contributed by atoms with Gasteiger partial charge in [0, 0.05) is 42.4 Å². The van der Waals surface area contributed by atoms with Crippen molar-refractivity contribution in [3.8, 4) is 17.0 Å². The monoisotopic (exact) mass is 428 g/mol. The first-order valence-electron chi connectivity index (χ1n) is 11.3. The number of amides is 1. The quantitative estimate of drug-likeness (QED) is 0.619. The van der Waals surface area contributed by atoms with Crippen LogP contribution >= 0.6 is 0 Å². The summed E-state index contributed by atoms with van der Waals surface area (Å²) in [7, 11) is 1.66. The number of ether oxygens (including phenoxy) is 1. The van der Waals surface area contributed by atoms with Gasteiger partial charge in [0.05, 0.1) is 12.8 Å². The van der Waals surface area contributed by atoms with E-state index in [0.29, 0.717) is 0 Å². The molecule has 1 fully saturated rings. The smallest absolute Gasteiger partial charge is 0.230 e. The molecule has 0 radical (unpaired) electrons. The van der Waals surface area contributed by atoms with E-state index in [1.165, 1.54) is 5.56 Å². The molecule has 0 aliphatic carbocycles. The zero-order valence-corrected chi connectivity index (χ0v) is 18.6. The molecule has 32 heavy (non-hydrogen) atoms. The molecule has 2 aliphatic rings. The van der Waals surface area contributed by atoms with Crippen molar-refractivity contribution in [1.29, 1.82) is 0 Å². The number of methoxy groups -OCH3 is 1. The van der Waals surface area contributed by atoms with Gasteiger partial charge in [-0.25, -0.2) is 9.97 Å². The van der Waals surface area contributed by atoms with Crippen LogP contribution in [0.25, 0.3) is 11.3 Å². The summed E-state index contributed by atoms with van der Waals surface area (Å²) in [6, 6.07) is 18.4. The first kappa shape index (κ1) is 20.5. The number of para-hydroxylation sites is 1. The van der Waals surface area contributed by atoms with Crippen LogP contribution in [0.15, 0.2) is 60.9 Å². The molecule has 3 heterocycles. The van der Waals surface area contributed by atoms with Crippen LogP contribution in [0.3, 0.4) is 0 Å². The SMILES string of the molecule is COc1ccc(-c2cc(N3CCC(C(=O)N4c5ccccc5CC4C)CC3)ncn2)cc1. The third kappa shape index (κ3) is 3.81. The van der Waals surface area contributed by atoms with Crippen molar-refractivity contribution in [2.24, 2.45) is 5.92 Å². The van der Waals surface area contributed by atoms with E-state index in [0.717, 1.165) is 60.9 Å². The maximum Gasteiger partial charge on any atom is 0.230 e. The Morgan fingerprint density at radius 3 is 2.53 bits per heavy atom. The van der Waals surface area contributed by atoms with Gasteiger partial charge in [0.25, 0.3) is 0 Å². The molecule has 6 heteroatoms. The average molecular weight is 429 g/mol. The molecule has 3 aromatic rings. The minimum absolute atomic E-state index is 0.0581. The van der Waals surface area contributed by atoms with Crippen LogP contribution < -0.4 is 14.5 Å². The Balaban J connectivity index is 1.26. The van der Waals surface area contributed by atoms with Crippen LogP contribution in [0.5, 0.6) is 5.75 Å². The second-order valence-electron chi connectivity index (χ2n) is 8.64. The molecule has 1 amide bonds. The largest absolute Gasteiger partial charge is 0.497 e. The van der Waals surface area contributed by atoms with Gasteiger partial charge in [0.2, 0.25) is 5.91 Å². The summed E-state index contributed by atoms with van der Waals surface area (Å²) in [4.78, 5) is 26.6. The minimum atomic E-state index is 0.0581. The number of fused-ring (bicyclic) bond motifs is 1. The zero-order chi connectivity index (χ0) is 22.1. The molecule has 5 rings (SSSR count). The number of nitrogens with zero attached hydrogens (tertiary/aromatic N) is 4. The molecule has 0 N–H and O–H groups in total. The average Bonchev–Trinajstić information content (AvgIpc) is 3.19. The van der Waals surface area contributed by atoms with E-state index in [4.69, 9.17) is 4.74 Å². The van der Waals surface area contributed by atoms with Crippen molar-refractivity contribution in [2.45, 2.75) is 32.2 Å². The number of hydrogen-bond donors (Lipinski definition) is 0. The molecule has 0 saturated carbocycles. The van der Waals surface area contributed by atoms with Gasteiger partial charge in [-0.1, -0.05) is 18.2 Å². The maximum absolute atomic E-state index is 13.4. The molecule has 0 spiro atoms. The van der Waals surface area contributed by atoms with Gasteiger partial charge in [-0.2, -0.15) is 0 Å². The van der Waals surface area contributed by atoms with Crippen LogP contribution in [0.1, 0.15) is 25.3 Å². The number of benzene rings is 2. The molecule has 1 aromatic heterocycles. The summed E-state index contributed by atoms with van der Waals surface area (Å²) in [5.74, 6) is 2.06. The first-order chi connectivity index (χ1) is 15.6. The Morgan fingerprint density at radius 1 is 1.03 bits per heavy atom. The number of rotatable bonds is 4. The fourth-order valence-corrected chi connectivity index (χ4v) is 4.89. The van der Waals surface area contributed by atoms with E-state index in [2.05, 4.69) is 40.0 Å². The summed E-state index contributed by atoms with van der Waals surface area (Å²) in [5, 5.41) is 0. The van der Waals surface area contributed by atoms with Gasteiger partial charge in [-0.3, -0.25) is 4.79 Å². The Hall–Kier alpha value is -3.41. The summed E-state index contributed by atoms with van der Waals surface area (Å²) < 4.78 is 5.24. The molecule has 6 nitrogen and oxygen atoms in total. The lowest BCUT2D eigenvalue weighted by molar-refractivity contribution is -0.123. The lowest BCUT2D eigenvalue weighted by Crippen LogP contribution is -2.45. The molecular weight excluding hydrogens is 400 g/mol. The van der Waals surface area contributed by atoms with Gasteiger partial charge in [-0.05, 0) is 62.1 Å². The van der Waals surface area contributed by atoms with Crippen molar-refractivity contribution in [3.63, 3.8) is 0 Å². The van der Waals surface area contributed by atoms with Crippen LogP contribution in [0.4, 0.5) is 11.5 Å². The van der Waals surface area contributed by atoms with E-state index in [1.54, 1.807) is 13.4 Å². The number of anilines is 2. The van der Waals surface area contributed by atoms with Crippen molar-refractivity contribution in [1.82, 2.24) is 9.97 Å². The van der Waals surface area contributed by atoms with Crippen molar-refractivity contribution >= 4 is 17.4 Å². The lowest BCUT2D eigenvalue weighted by atomic mass is 9.94. The predicted octanol–water partition coefficient (Wildman–Crippen LogP) is 4.35. The molecular formula is C26H28N4O2. The highest BCUT2D eigenvalue weighted by Gasteiger charge is 2.36. The second kappa shape index (κ2) is 8.61. The normalized spacial score (nSPS) is 18.5. The van der Waals surface area contributed by atoms with Crippen molar-refractivity contribution in [3.05, 3.63) is 66.5 Å². The van der Waals surface area contributed by atoms with Crippen LogP contribution in [0.2, 0.25) is 0 Å². The van der Waals surface area contributed by atoms with Gasteiger partial charge in [0.1, 0.15) is 17.9 Å². The first-order valence-corrected chi connectivity index (χ1v) is 11.3. The highest BCUT2D eigenvalue weighted by molar-refractivity contribution is 5.97. The Bertz CT molecular complexity index is 1110. The Morgan fingerprint density at radius 2 is 1.78 bits per heavy atom. The molecule has 2 aliphatic heterocycles. The topological polar surface area (TPSA) is 58.6 Å². The fraction of sp³-hybridized carbons (Fsp3) is 0.346. The third-order valence-electron chi connectivity index (χ3n) is 6.65. The maximum atomic E-state index is 13.4. The van der Waals surface area contributed by atoms with Gasteiger partial charge < -0.3 is 14.5 Å². The molecule has 1 unspecified atom stereocenters. The standard InChI is InChI=1S/C26H28N4O2/c1-18-15-21-5-3-4-6-24(21)30(18)26(31)20-11-13-29(14-12-20)25-16-23(27-17-28-25)19-7-9-22(32-2)10-8-19/h3-10,16-18,20H,11-15H2,1-2H3. The van der Waals surface area contributed by atoms with E-state index in [-0.39, 0.29) is 17.9 Å². The number of carbonyl (C=O) groups excluding carboxylic acids is 1. The molecule has 0 bridgehead atoms. The second-order valence-corrected chi connectivity index (χ2v) is 8.64. The fourth-order valence-electron chi connectivity index (χ4n) is 4.89. The van der Waals surface area contributed by atoms with Gasteiger partial charge in [-0.15, -0.1) is 0 Å². The number of piperidine rings is 1. The minimum Gasteiger partial charge on any atom is -0.497 e. The summed E-state index contributed by atoms with van der Waals surface area (Å²) in [5.41, 5.74) is 4.28. The van der Waals surface area contributed by atoms with E-state index in [1.807, 2.05) is 41.3 Å². The third-order valence-corrected chi connectivity index (χ3v) is 6.65. The van der Waals surface area contributed by atoms with Crippen LogP contribution in [0, 0.1) is 5.92 Å². The Labute approximate surface area is 188 Å². The van der Waals surface area contributed by atoms with Crippen LogP contribution in [-0.2, 0) is 11.2 Å². The highest BCUT2D eigenvalue weighted by Crippen LogP contribution is 2.35. The number of carbonyl (C=O) groups is 1. The number of hydrogen-bond acceptors (Lipinski definition) is 5. The van der Waals surface area contributed by atoms with E-state index in [9.17, 15) is 4.79 Å². The summed E-state index contributed by atoms with van der Waals surface area (Å²) >= 11 is 0. The molecule has 164 valence electrons. The highest BCUT2D eigenvalue weighted by atomic mass is 16.5. The van der Waals surface area contributed by atoms with E-state index < -0.39 is 0 Å². The molecule has 2 aromatic carbocycles. The lowest BCUT2D eigenvalue weighted by Gasteiger charge is -2.35. The predicted molar refractivity (Wildman–Crippen MR) is 126 cm³/mol. The Kier molecular flexibility index (Phi) is 5.52. The van der Waals surface area contributed by atoms with Gasteiger partial charge in [0.15, 0.2) is 0 Å². The summed E-state index contributed by atoms with van der Waals surface area (Å²) in [6.45, 7) is 3.79. The molecule has 1 saturated heterocycles. The van der Waals surface area contributed by atoms with E-state index >= 15 is 0 Å². The van der Waals surface area contributed by atoms with Crippen molar-refractivity contribution in [2.75, 3.05) is 30.0 Å². The van der Waals surface area contributed by atoms with Crippen molar-refractivity contribution < 1.29 is 9.53 Å². The summed E-state index contributed by atoms with van der Waals surface area (Å²) in [6.07, 6.45) is 4.24. The zero-order valence-electron chi connectivity index (χ0n) is 18.6. The van der Waals surface area contributed by atoms with Crippen LogP contribution in [-0.4, -0.2) is 42.1 Å². The number of aromatic nitrogens is 2. The molecule has 1 atom stereocenters. The van der Waals surface area contributed by atoms with Gasteiger partial charge >= 0.3 is 0 Å².